The first-order valence-corrected chi connectivity index (χ1v) is 6.54. The van der Waals surface area contributed by atoms with Crippen molar-refractivity contribution in [3.05, 3.63) is 34.3 Å². The normalized spacial score (nSPS) is 11.4. The van der Waals surface area contributed by atoms with E-state index >= 15 is 0 Å². The Morgan fingerprint density at radius 3 is 2.44 bits per heavy atom. The monoisotopic (exact) mass is 284 g/mol. The van der Waals surface area contributed by atoms with Gasteiger partial charge in [-0.05, 0) is 38.6 Å². The van der Waals surface area contributed by atoms with Gasteiger partial charge in [0.15, 0.2) is 0 Å². The molecule has 0 saturated heterocycles. The molecule has 2 nitrogen and oxygen atoms in total. The van der Waals surface area contributed by atoms with Crippen molar-refractivity contribution in [2.45, 2.75) is 26.4 Å². The van der Waals surface area contributed by atoms with Crippen molar-refractivity contribution in [3.8, 4) is 0 Å². The van der Waals surface area contributed by atoms with E-state index in [1.165, 1.54) is 5.56 Å². The Hall–Kier alpha value is -0.380. The maximum Gasteiger partial charge on any atom is 0.0206 e. The van der Waals surface area contributed by atoms with Gasteiger partial charge < -0.3 is 10.2 Å². The van der Waals surface area contributed by atoms with Gasteiger partial charge in [0.2, 0.25) is 0 Å². The first kappa shape index (κ1) is 13.7. The third kappa shape index (κ3) is 5.10. The number of rotatable bonds is 6. The highest BCUT2D eigenvalue weighted by molar-refractivity contribution is 9.10. The fourth-order valence-electron chi connectivity index (χ4n) is 1.35. The number of benzene rings is 1. The van der Waals surface area contributed by atoms with Crippen LogP contribution in [0.3, 0.4) is 0 Å². The van der Waals surface area contributed by atoms with E-state index in [1.54, 1.807) is 0 Å². The molecule has 0 atom stereocenters. The first-order valence-electron chi connectivity index (χ1n) is 5.75. The van der Waals surface area contributed by atoms with Gasteiger partial charge >= 0.3 is 0 Å². The number of halogens is 1. The van der Waals surface area contributed by atoms with E-state index in [9.17, 15) is 0 Å². The second-order valence-electron chi connectivity index (χ2n) is 4.38. The molecule has 0 aliphatic heterocycles. The number of hydrogen-bond donors (Lipinski definition) is 1. The average molecular weight is 285 g/mol. The molecule has 3 heteroatoms. The topological polar surface area (TPSA) is 15.3 Å². The molecule has 0 spiro atoms. The zero-order valence-corrected chi connectivity index (χ0v) is 11.9. The Balaban J connectivity index is 2.18. The molecule has 0 aliphatic rings. The van der Waals surface area contributed by atoms with Crippen LogP contribution < -0.4 is 5.32 Å². The van der Waals surface area contributed by atoms with Gasteiger partial charge in [-0.2, -0.15) is 0 Å². The molecule has 90 valence electrons. The molecule has 0 bridgehead atoms. The van der Waals surface area contributed by atoms with E-state index in [4.69, 9.17) is 0 Å². The summed E-state index contributed by atoms with van der Waals surface area (Å²) in [5, 5.41) is 3.45. The minimum absolute atomic E-state index is 0.620. The van der Waals surface area contributed by atoms with E-state index < -0.39 is 0 Å². The highest BCUT2D eigenvalue weighted by Gasteiger charge is 2.01. The van der Waals surface area contributed by atoms with Crippen LogP contribution in [0.5, 0.6) is 0 Å². The van der Waals surface area contributed by atoms with Gasteiger partial charge in [0.1, 0.15) is 0 Å². The van der Waals surface area contributed by atoms with Gasteiger partial charge in [-0.25, -0.2) is 0 Å². The standard InChI is InChI=1S/C13H21BrN2/c1-11(2)16(3)9-8-15-10-12-4-6-13(14)7-5-12/h4-7,11,15H,8-10H2,1-3H3. The molecule has 1 rings (SSSR count). The minimum atomic E-state index is 0.620. The zero-order valence-electron chi connectivity index (χ0n) is 10.3. The molecule has 0 amide bonds. The molecule has 0 aliphatic carbocycles. The zero-order chi connectivity index (χ0) is 12.0. The van der Waals surface area contributed by atoms with Crippen LogP contribution in [0.25, 0.3) is 0 Å². The molecule has 1 N–H and O–H groups in total. The van der Waals surface area contributed by atoms with E-state index in [0.29, 0.717) is 6.04 Å². The number of nitrogens with zero attached hydrogens (tertiary/aromatic N) is 1. The molecule has 0 aromatic heterocycles. The lowest BCUT2D eigenvalue weighted by Crippen LogP contribution is -2.33. The molecule has 1 aromatic rings. The maximum atomic E-state index is 3.45. The van der Waals surface area contributed by atoms with Gasteiger partial charge in [-0.3, -0.25) is 0 Å². The van der Waals surface area contributed by atoms with Crippen LogP contribution in [0.1, 0.15) is 19.4 Å². The van der Waals surface area contributed by atoms with Crippen LogP contribution in [-0.4, -0.2) is 31.1 Å². The molecule has 16 heavy (non-hydrogen) atoms. The van der Waals surface area contributed by atoms with Crippen LogP contribution in [0.15, 0.2) is 28.7 Å². The van der Waals surface area contributed by atoms with E-state index in [0.717, 1.165) is 24.1 Å². The summed E-state index contributed by atoms with van der Waals surface area (Å²) in [4.78, 5) is 2.34. The molecule has 0 fully saturated rings. The summed E-state index contributed by atoms with van der Waals surface area (Å²) >= 11 is 3.44. The SMILES string of the molecule is CC(C)N(C)CCNCc1ccc(Br)cc1. The van der Waals surface area contributed by atoms with Crippen LogP contribution in [0, 0.1) is 0 Å². The Bertz CT molecular complexity index is 295. The van der Waals surface area contributed by atoms with Crippen LogP contribution >= 0.6 is 15.9 Å². The van der Waals surface area contributed by atoms with E-state index in [-0.39, 0.29) is 0 Å². The van der Waals surface area contributed by atoms with Crippen LogP contribution in [0.4, 0.5) is 0 Å². The summed E-state index contributed by atoms with van der Waals surface area (Å²) < 4.78 is 1.13. The van der Waals surface area contributed by atoms with Gasteiger partial charge in [0, 0.05) is 30.1 Å². The third-order valence-electron chi connectivity index (χ3n) is 2.77. The van der Waals surface area contributed by atoms with Crippen molar-refractivity contribution in [1.82, 2.24) is 10.2 Å². The number of hydrogen-bond acceptors (Lipinski definition) is 2. The molecule has 0 unspecified atom stereocenters. The van der Waals surface area contributed by atoms with Gasteiger partial charge in [0.25, 0.3) is 0 Å². The number of likely N-dealkylation sites (N-methyl/N-ethyl adjacent to an activating group) is 1. The lowest BCUT2D eigenvalue weighted by Gasteiger charge is -2.20. The largest absolute Gasteiger partial charge is 0.311 e. The molecule has 0 radical (unpaired) electrons. The van der Waals surface area contributed by atoms with Crippen molar-refractivity contribution in [2.24, 2.45) is 0 Å². The summed E-state index contributed by atoms with van der Waals surface area (Å²) in [6.07, 6.45) is 0. The van der Waals surface area contributed by atoms with Crippen molar-refractivity contribution in [1.29, 1.82) is 0 Å². The smallest absolute Gasteiger partial charge is 0.0206 e. The fourth-order valence-corrected chi connectivity index (χ4v) is 1.61. The van der Waals surface area contributed by atoms with Gasteiger partial charge in [-0.1, -0.05) is 28.1 Å². The summed E-state index contributed by atoms with van der Waals surface area (Å²) in [5.41, 5.74) is 1.33. The molecular weight excluding hydrogens is 264 g/mol. The van der Waals surface area contributed by atoms with Crippen LogP contribution in [-0.2, 0) is 6.54 Å². The Labute approximate surface area is 107 Å². The van der Waals surface area contributed by atoms with Crippen molar-refractivity contribution >= 4 is 15.9 Å². The predicted octanol–water partition coefficient (Wildman–Crippen LogP) is 2.88. The molecule has 0 saturated carbocycles. The van der Waals surface area contributed by atoms with Crippen molar-refractivity contribution in [3.63, 3.8) is 0 Å². The number of nitrogens with one attached hydrogen (secondary N) is 1. The summed E-state index contributed by atoms with van der Waals surface area (Å²) in [5.74, 6) is 0. The van der Waals surface area contributed by atoms with E-state index in [1.807, 2.05) is 0 Å². The lowest BCUT2D eigenvalue weighted by molar-refractivity contribution is 0.273. The Morgan fingerprint density at radius 2 is 1.88 bits per heavy atom. The predicted molar refractivity (Wildman–Crippen MR) is 73.6 cm³/mol. The summed E-state index contributed by atoms with van der Waals surface area (Å²) in [6, 6.07) is 9.07. The minimum Gasteiger partial charge on any atom is -0.311 e. The second-order valence-corrected chi connectivity index (χ2v) is 5.29. The summed E-state index contributed by atoms with van der Waals surface area (Å²) in [7, 11) is 2.16. The van der Waals surface area contributed by atoms with Crippen LogP contribution in [0.2, 0.25) is 0 Å². The highest BCUT2D eigenvalue weighted by Crippen LogP contribution is 2.09. The lowest BCUT2D eigenvalue weighted by atomic mass is 10.2. The quantitative estimate of drug-likeness (QED) is 0.809. The summed E-state index contributed by atoms with van der Waals surface area (Å²) in [6.45, 7) is 7.50. The fraction of sp³-hybridized carbons (Fsp3) is 0.538. The average Bonchev–Trinajstić information content (AvgIpc) is 2.26. The Kier molecular flexibility index (Phi) is 6.03. The van der Waals surface area contributed by atoms with Crippen molar-refractivity contribution < 1.29 is 0 Å². The van der Waals surface area contributed by atoms with E-state index in [2.05, 4.69) is 71.3 Å². The molecule has 1 aromatic carbocycles. The van der Waals surface area contributed by atoms with Gasteiger partial charge in [-0.15, -0.1) is 0 Å². The molecule has 0 heterocycles. The first-order chi connectivity index (χ1) is 7.59. The molecular formula is C13H21BrN2. The maximum absolute atomic E-state index is 3.45. The third-order valence-corrected chi connectivity index (χ3v) is 3.29. The van der Waals surface area contributed by atoms with Gasteiger partial charge in [0.05, 0.1) is 0 Å². The second kappa shape index (κ2) is 7.05. The highest BCUT2D eigenvalue weighted by atomic mass is 79.9. The van der Waals surface area contributed by atoms with Crippen molar-refractivity contribution in [2.75, 3.05) is 20.1 Å². The Morgan fingerprint density at radius 1 is 1.25 bits per heavy atom.